The van der Waals surface area contributed by atoms with E-state index >= 15 is 0 Å². The fourth-order valence-corrected chi connectivity index (χ4v) is 2.84. The van der Waals surface area contributed by atoms with Gasteiger partial charge in [0.25, 0.3) is 5.69 Å². The summed E-state index contributed by atoms with van der Waals surface area (Å²) in [6, 6.07) is 3.40. The Hall–Kier alpha value is -1.67. The van der Waals surface area contributed by atoms with Crippen LogP contribution < -0.4 is 10.5 Å². The number of nitro groups is 1. The summed E-state index contributed by atoms with van der Waals surface area (Å²) in [4.78, 5) is 9.90. The molecule has 8 heteroatoms. The van der Waals surface area contributed by atoms with E-state index < -0.39 is 14.9 Å². The molecule has 0 heterocycles. The van der Waals surface area contributed by atoms with Crippen molar-refractivity contribution in [1.82, 2.24) is 4.72 Å². The van der Waals surface area contributed by atoms with Gasteiger partial charge in [-0.3, -0.25) is 10.1 Å². The zero-order chi connectivity index (χ0) is 14.0. The third kappa shape index (κ3) is 3.42. The number of nitrogens with two attached hydrogens (primary N) is 1. The zero-order valence-corrected chi connectivity index (χ0v) is 11.0. The van der Waals surface area contributed by atoms with Crippen LogP contribution >= 0.6 is 0 Å². The molecule has 1 fully saturated rings. The second kappa shape index (κ2) is 5.14. The van der Waals surface area contributed by atoms with Crippen LogP contribution in [0.4, 0.5) is 11.4 Å². The highest BCUT2D eigenvalue weighted by atomic mass is 32.2. The van der Waals surface area contributed by atoms with Crippen molar-refractivity contribution >= 4 is 21.4 Å². The van der Waals surface area contributed by atoms with Gasteiger partial charge in [0.15, 0.2) is 0 Å². The van der Waals surface area contributed by atoms with Gasteiger partial charge in [0, 0.05) is 12.6 Å². The Kier molecular flexibility index (Phi) is 3.72. The normalized spacial score (nSPS) is 15.4. The number of hydrogen-bond donors (Lipinski definition) is 2. The molecule has 1 aliphatic rings. The maximum atomic E-state index is 11.9. The number of rotatable bonds is 6. The van der Waals surface area contributed by atoms with E-state index in [0.29, 0.717) is 12.5 Å². The standard InChI is InChI=1S/C11H15N3O4S/c12-10-7-9(3-4-11(10)14(15)16)19(17,18)13-6-5-8-1-2-8/h3-4,7-8,13H,1-2,5-6,12H2. The molecular weight excluding hydrogens is 270 g/mol. The lowest BCUT2D eigenvalue weighted by atomic mass is 10.3. The third-order valence-electron chi connectivity index (χ3n) is 3.05. The first-order chi connectivity index (χ1) is 8.90. The van der Waals surface area contributed by atoms with Gasteiger partial charge < -0.3 is 5.73 Å². The maximum absolute atomic E-state index is 11.9. The molecule has 0 atom stereocenters. The van der Waals surface area contributed by atoms with E-state index in [0.717, 1.165) is 31.4 Å². The highest BCUT2D eigenvalue weighted by Gasteiger charge is 2.23. The number of hydrogen-bond acceptors (Lipinski definition) is 5. The lowest BCUT2D eigenvalue weighted by Gasteiger charge is -2.07. The number of nitrogen functional groups attached to an aromatic ring is 1. The van der Waals surface area contributed by atoms with Crippen molar-refractivity contribution in [2.24, 2.45) is 5.92 Å². The number of benzene rings is 1. The maximum Gasteiger partial charge on any atom is 0.292 e. The smallest absolute Gasteiger partial charge is 0.292 e. The van der Waals surface area contributed by atoms with Gasteiger partial charge in [-0.05, 0) is 24.5 Å². The highest BCUT2D eigenvalue weighted by Crippen LogP contribution is 2.32. The summed E-state index contributed by atoms with van der Waals surface area (Å²) >= 11 is 0. The molecule has 104 valence electrons. The Labute approximate surface area is 111 Å². The summed E-state index contributed by atoms with van der Waals surface area (Å²) in [7, 11) is -3.65. The van der Waals surface area contributed by atoms with Crippen molar-refractivity contribution in [3.63, 3.8) is 0 Å². The zero-order valence-electron chi connectivity index (χ0n) is 10.2. The predicted molar refractivity (Wildman–Crippen MR) is 70.0 cm³/mol. The van der Waals surface area contributed by atoms with Crippen LogP contribution in [-0.4, -0.2) is 19.9 Å². The summed E-state index contributed by atoms with van der Waals surface area (Å²) in [6.45, 7) is 0.379. The third-order valence-corrected chi connectivity index (χ3v) is 4.51. The van der Waals surface area contributed by atoms with Crippen molar-refractivity contribution in [2.45, 2.75) is 24.2 Å². The fraction of sp³-hybridized carbons (Fsp3) is 0.455. The molecule has 0 unspecified atom stereocenters. The molecule has 0 saturated heterocycles. The first-order valence-corrected chi connectivity index (χ1v) is 7.42. The highest BCUT2D eigenvalue weighted by molar-refractivity contribution is 7.89. The van der Waals surface area contributed by atoms with Crippen LogP contribution in [0.15, 0.2) is 23.1 Å². The van der Waals surface area contributed by atoms with Crippen molar-refractivity contribution < 1.29 is 13.3 Å². The minimum Gasteiger partial charge on any atom is -0.393 e. The topological polar surface area (TPSA) is 115 Å². The molecule has 1 aliphatic carbocycles. The molecule has 19 heavy (non-hydrogen) atoms. The van der Waals surface area contributed by atoms with E-state index in [1.807, 2.05) is 0 Å². The van der Waals surface area contributed by atoms with Gasteiger partial charge in [-0.1, -0.05) is 12.8 Å². The lowest BCUT2D eigenvalue weighted by molar-refractivity contribution is -0.383. The van der Waals surface area contributed by atoms with Gasteiger partial charge >= 0.3 is 0 Å². The molecule has 0 radical (unpaired) electrons. The van der Waals surface area contributed by atoms with Crippen LogP contribution in [-0.2, 0) is 10.0 Å². The average Bonchev–Trinajstić information content (AvgIpc) is 3.12. The summed E-state index contributed by atoms with van der Waals surface area (Å²) in [5.41, 5.74) is 5.02. The van der Waals surface area contributed by atoms with Gasteiger partial charge in [-0.25, -0.2) is 13.1 Å². The van der Waals surface area contributed by atoms with E-state index in [9.17, 15) is 18.5 Å². The van der Waals surface area contributed by atoms with E-state index in [2.05, 4.69) is 4.72 Å². The summed E-state index contributed by atoms with van der Waals surface area (Å²) in [5, 5.41) is 10.6. The molecule has 1 saturated carbocycles. The Morgan fingerprint density at radius 3 is 2.63 bits per heavy atom. The van der Waals surface area contributed by atoms with Crippen LogP contribution in [0.2, 0.25) is 0 Å². The monoisotopic (exact) mass is 285 g/mol. The Morgan fingerprint density at radius 2 is 2.11 bits per heavy atom. The van der Waals surface area contributed by atoms with Crippen LogP contribution in [0.25, 0.3) is 0 Å². The second-order valence-corrected chi connectivity index (χ2v) is 6.37. The quantitative estimate of drug-likeness (QED) is 0.463. The SMILES string of the molecule is Nc1cc(S(=O)(=O)NCCC2CC2)ccc1[N+](=O)[O-]. The lowest BCUT2D eigenvalue weighted by Crippen LogP contribution is -2.25. The first-order valence-electron chi connectivity index (χ1n) is 5.94. The van der Waals surface area contributed by atoms with Crippen LogP contribution in [0.1, 0.15) is 19.3 Å². The van der Waals surface area contributed by atoms with Crippen LogP contribution in [0, 0.1) is 16.0 Å². The van der Waals surface area contributed by atoms with Gasteiger partial charge in [0.05, 0.1) is 9.82 Å². The molecule has 0 spiro atoms. The number of nitro benzene ring substituents is 1. The number of nitrogens with zero attached hydrogens (tertiary/aromatic N) is 1. The van der Waals surface area contributed by atoms with Crippen molar-refractivity contribution in [3.05, 3.63) is 28.3 Å². The molecule has 7 nitrogen and oxygen atoms in total. The van der Waals surface area contributed by atoms with Gasteiger partial charge in [0.1, 0.15) is 5.69 Å². The molecule has 0 bridgehead atoms. The number of anilines is 1. The molecule has 3 N–H and O–H groups in total. The van der Waals surface area contributed by atoms with E-state index in [4.69, 9.17) is 5.73 Å². The molecule has 0 amide bonds. The van der Waals surface area contributed by atoms with E-state index in [1.54, 1.807) is 0 Å². The number of sulfonamides is 1. The molecule has 1 aromatic rings. The molecule has 2 rings (SSSR count). The summed E-state index contributed by atoms with van der Waals surface area (Å²) < 4.78 is 26.3. The Balaban J connectivity index is 2.10. The van der Waals surface area contributed by atoms with E-state index in [1.165, 1.54) is 6.07 Å². The average molecular weight is 285 g/mol. The van der Waals surface area contributed by atoms with Gasteiger partial charge in [-0.15, -0.1) is 0 Å². The fourth-order valence-electron chi connectivity index (χ4n) is 1.75. The molecule has 0 aromatic heterocycles. The van der Waals surface area contributed by atoms with Crippen LogP contribution in [0.5, 0.6) is 0 Å². The van der Waals surface area contributed by atoms with Crippen molar-refractivity contribution in [2.75, 3.05) is 12.3 Å². The predicted octanol–water partition coefficient (Wildman–Crippen LogP) is 1.26. The number of nitrogens with one attached hydrogen (secondary N) is 1. The minimum absolute atomic E-state index is 0.0496. The molecule has 0 aliphatic heterocycles. The van der Waals surface area contributed by atoms with Gasteiger partial charge in [-0.2, -0.15) is 0 Å². The second-order valence-electron chi connectivity index (χ2n) is 4.61. The summed E-state index contributed by atoms with van der Waals surface area (Å²) in [6.07, 6.45) is 3.14. The largest absolute Gasteiger partial charge is 0.393 e. The minimum atomic E-state index is -3.65. The van der Waals surface area contributed by atoms with Crippen molar-refractivity contribution in [1.29, 1.82) is 0 Å². The Morgan fingerprint density at radius 1 is 1.42 bits per heavy atom. The Bertz CT molecular complexity index is 596. The van der Waals surface area contributed by atoms with Gasteiger partial charge in [0.2, 0.25) is 10.0 Å². The van der Waals surface area contributed by atoms with Crippen molar-refractivity contribution in [3.8, 4) is 0 Å². The molecule has 1 aromatic carbocycles. The van der Waals surface area contributed by atoms with Crippen LogP contribution in [0.3, 0.4) is 0 Å². The van der Waals surface area contributed by atoms with E-state index in [-0.39, 0.29) is 16.3 Å². The molecular formula is C11H15N3O4S. The summed E-state index contributed by atoms with van der Waals surface area (Å²) in [5.74, 6) is 0.629. The first kappa shape index (κ1) is 13.8.